The number of carbonyl (C=O) groups is 1. The molecular weight excluding hydrogens is 306 g/mol. The van der Waals surface area contributed by atoms with Crippen LogP contribution in [0, 0.1) is 0 Å². The molecule has 1 aromatic heterocycles. The van der Waals surface area contributed by atoms with Crippen LogP contribution in [0.5, 0.6) is 0 Å². The Kier molecular flexibility index (Phi) is 4.78. The lowest BCUT2D eigenvalue weighted by molar-refractivity contribution is 0.0650. The normalized spacial score (nSPS) is 18.4. The fraction of sp³-hybridized carbons (Fsp3) is 0.444. The Morgan fingerprint density at radius 1 is 1.35 bits per heavy atom. The van der Waals surface area contributed by atoms with Crippen molar-refractivity contribution in [1.29, 1.82) is 0 Å². The van der Waals surface area contributed by atoms with Gasteiger partial charge in [0.25, 0.3) is 5.91 Å². The van der Waals surface area contributed by atoms with Gasteiger partial charge in [0.1, 0.15) is 10.7 Å². The Balaban J connectivity index is 1.78. The molecule has 5 heteroatoms. The quantitative estimate of drug-likeness (QED) is 0.939. The average molecular weight is 329 g/mol. The first-order valence-electron chi connectivity index (χ1n) is 8.14. The maximum atomic E-state index is 12.6. The highest BCUT2D eigenvalue weighted by atomic mass is 32.1. The lowest BCUT2D eigenvalue weighted by Crippen LogP contribution is -2.52. The first-order chi connectivity index (χ1) is 11.1. The van der Waals surface area contributed by atoms with E-state index in [9.17, 15) is 4.79 Å². The monoisotopic (exact) mass is 329 g/mol. The van der Waals surface area contributed by atoms with Crippen molar-refractivity contribution in [2.45, 2.75) is 32.7 Å². The number of rotatable bonds is 3. The van der Waals surface area contributed by atoms with E-state index >= 15 is 0 Å². The summed E-state index contributed by atoms with van der Waals surface area (Å²) in [4.78, 5) is 19.1. The first kappa shape index (κ1) is 16.1. The first-order valence-corrected chi connectivity index (χ1v) is 9.01. The van der Waals surface area contributed by atoms with Crippen molar-refractivity contribution in [2.75, 3.05) is 19.6 Å². The molecule has 0 aliphatic carbocycles. The van der Waals surface area contributed by atoms with Crippen LogP contribution in [-0.2, 0) is 0 Å². The number of nitrogens with one attached hydrogen (secondary N) is 1. The van der Waals surface area contributed by atoms with Gasteiger partial charge in [0.15, 0.2) is 0 Å². The molecule has 0 unspecified atom stereocenters. The highest BCUT2D eigenvalue weighted by Gasteiger charge is 2.25. The van der Waals surface area contributed by atoms with Crippen LogP contribution in [0.3, 0.4) is 0 Å². The number of carbonyl (C=O) groups excluding carboxylic acids is 1. The molecule has 1 aliphatic rings. The number of benzene rings is 1. The number of thiazole rings is 1. The number of nitrogens with zero attached hydrogens (tertiary/aromatic N) is 2. The van der Waals surface area contributed by atoms with E-state index in [1.807, 2.05) is 10.3 Å². The van der Waals surface area contributed by atoms with Gasteiger partial charge in [0.05, 0.1) is 0 Å². The van der Waals surface area contributed by atoms with Gasteiger partial charge < -0.3 is 10.2 Å². The second-order valence-corrected chi connectivity index (χ2v) is 7.22. The summed E-state index contributed by atoms with van der Waals surface area (Å²) >= 11 is 1.54. The SMILES string of the molecule is CC(C)c1ccc(-c2nc(C(=O)N3CCNC[C@H]3C)cs2)cc1. The fourth-order valence-electron chi connectivity index (χ4n) is 2.81. The molecule has 3 rings (SSSR count). The predicted octanol–water partition coefficient (Wildman–Crippen LogP) is 3.37. The van der Waals surface area contributed by atoms with Gasteiger partial charge in [0, 0.05) is 36.6 Å². The highest BCUT2D eigenvalue weighted by Crippen LogP contribution is 2.26. The summed E-state index contributed by atoms with van der Waals surface area (Å²) in [7, 11) is 0. The van der Waals surface area contributed by atoms with E-state index < -0.39 is 0 Å². The van der Waals surface area contributed by atoms with Crippen molar-refractivity contribution in [3.8, 4) is 10.6 Å². The summed E-state index contributed by atoms with van der Waals surface area (Å²) in [5.74, 6) is 0.562. The molecule has 23 heavy (non-hydrogen) atoms. The topological polar surface area (TPSA) is 45.2 Å². The number of amides is 1. The molecule has 1 amide bonds. The molecule has 4 nitrogen and oxygen atoms in total. The molecule has 0 spiro atoms. The third kappa shape index (κ3) is 3.46. The van der Waals surface area contributed by atoms with Crippen molar-refractivity contribution >= 4 is 17.2 Å². The minimum Gasteiger partial charge on any atom is -0.332 e. The van der Waals surface area contributed by atoms with Gasteiger partial charge in [-0.25, -0.2) is 4.98 Å². The summed E-state index contributed by atoms with van der Waals surface area (Å²) in [5.41, 5.74) is 2.95. The molecule has 1 aliphatic heterocycles. The van der Waals surface area contributed by atoms with Crippen LogP contribution in [0.15, 0.2) is 29.6 Å². The second-order valence-electron chi connectivity index (χ2n) is 6.37. The highest BCUT2D eigenvalue weighted by molar-refractivity contribution is 7.13. The number of piperazine rings is 1. The smallest absolute Gasteiger partial charge is 0.273 e. The third-order valence-electron chi connectivity index (χ3n) is 4.31. The van der Waals surface area contributed by atoms with Gasteiger partial charge in [-0.05, 0) is 18.4 Å². The third-order valence-corrected chi connectivity index (χ3v) is 5.20. The van der Waals surface area contributed by atoms with Crippen LogP contribution in [-0.4, -0.2) is 41.5 Å². The largest absolute Gasteiger partial charge is 0.332 e. The van der Waals surface area contributed by atoms with Crippen molar-refractivity contribution < 1.29 is 4.79 Å². The molecule has 1 aromatic carbocycles. The molecule has 122 valence electrons. The van der Waals surface area contributed by atoms with Crippen molar-refractivity contribution in [2.24, 2.45) is 0 Å². The van der Waals surface area contributed by atoms with Crippen LogP contribution in [0.2, 0.25) is 0 Å². The molecule has 1 saturated heterocycles. The van der Waals surface area contributed by atoms with Crippen molar-refractivity contribution in [3.63, 3.8) is 0 Å². The maximum Gasteiger partial charge on any atom is 0.273 e. The number of hydrogen-bond acceptors (Lipinski definition) is 4. The summed E-state index contributed by atoms with van der Waals surface area (Å²) in [6.07, 6.45) is 0. The standard InChI is InChI=1S/C18H23N3OS/c1-12(2)14-4-6-15(7-5-14)17-20-16(11-23-17)18(22)21-9-8-19-10-13(21)3/h4-7,11-13,19H,8-10H2,1-3H3/t13-/m1/s1. The van der Waals surface area contributed by atoms with Crippen LogP contribution in [0.25, 0.3) is 10.6 Å². The van der Waals surface area contributed by atoms with Gasteiger partial charge in [-0.3, -0.25) is 4.79 Å². The summed E-state index contributed by atoms with van der Waals surface area (Å²) in [6, 6.07) is 8.68. The van der Waals surface area contributed by atoms with Crippen LogP contribution in [0.4, 0.5) is 0 Å². The van der Waals surface area contributed by atoms with E-state index in [2.05, 4.69) is 55.3 Å². The Hall–Kier alpha value is -1.72. The molecule has 1 fully saturated rings. The van der Waals surface area contributed by atoms with Gasteiger partial charge in [-0.1, -0.05) is 38.1 Å². The molecule has 0 bridgehead atoms. The summed E-state index contributed by atoms with van der Waals surface area (Å²) in [5, 5.41) is 6.09. The van der Waals surface area contributed by atoms with Gasteiger partial charge in [0.2, 0.25) is 0 Å². The van der Waals surface area contributed by atoms with E-state index in [-0.39, 0.29) is 11.9 Å². The fourth-order valence-corrected chi connectivity index (χ4v) is 3.61. The zero-order valence-corrected chi connectivity index (χ0v) is 14.7. The van der Waals surface area contributed by atoms with Crippen molar-refractivity contribution in [1.82, 2.24) is 15.2 Å². The van der Waals surface area contributed by atoms with Crippen LogP contribution in [0.1, 0.15) is 42.7 Å². The van der Waals surface area contributed by atoms with Crippen LogP contribution < -0.4 is 5.32 Å². The van der Waals surface area contributed by atoms with Gasteiger partial charge in [-0.15, -0.1) is 11.3 Å². The second kappa shape index (κ2) is 6.81. The molecule has 1 atom stereocenters. The molecule has 0 saturated carbocycles. The zero-order valence-electron chi connectivity index (χ0n) is 13.9. The maximum absolute atomic E-state index is 12.6. The van der Waals surface area contributed by atoms with Crippen molar-refractivity contribution in [3.05, 3.63) is 40.9 Å². The summed E-state index contributed by atoms with van der Waals surface area (Å²) in [6.45, 7) is 8.88. The lowest BCUT2D eigenvalue weighted by atomic mass is 10.0. The average Bonchev–Trinajstić information content (AvgIpc) is 3.05. The molecule has 2 aromatic rings. The predicted molar refractivity (Wildman–Crippen MR) is 95.0 cm³/mol. The Morgan fingerprint density at radius 3 is 2.74 bits per heavy atom. The van der Waals surface area contributed by atoms with Gasteiger partial charge in [-0.2, -0.15) is 0 Å². The molecular formula is C18H23N3OS. The summed E-state index contributed by atoms with van der Waals surface area (Å²) < 4.78 is 0. The minimum absolute atomic E-state index is 0.0419. The Bertz CT molecular complexity index is 678. The van der Waals surface area contributed by atoms with E-state index in [0.29, 0.717) is 11.6 Å². The van der Waals surface area contributed by atoms with Gasteiger partial charge >= 0.3 is 0 Å². The van der Waals surface area contributed by atoms with E-state index in [1.54, 1.807) is 0 Å². The van der Waals surface area contributed by atoms with Crippen LogP contribution >= 0.6 is 11.3 Å². The minimum atomic E-state index is 0.0419. The number of aromatic nitrogens is 1. The van der Waals surface area contributed by atoms with E-state index in [1.165, 1.54) is 16.9 Å². The number of hydrogen-bond donors (Lipinski definition) is 1. The molecule has 2 heterocycles. The van der Waals surface area contributed by atoms with E-state index in [0.717, 1.165) is 30.2 Å². The lowest BCUT2D eigenvalue weighted by Gasteiger charge is -2.33. The zero-order chi connectivity index (χ0) is 16.4. The Morgan fingerprint density at radius 2 is 2.09 bits per heavy atom. The molecule has 0 radical (unpaired) electrons. The van der Waals surface area contributed by atoms with E-state index in [4.69, 9.17) is 0 Å². The Labute approximate surface area is 141 Å². The molecule has 1 N–H and O–H groups in total.